The minimum absolute atomic E-state index is 0.0772. The fraction of sp³-hybridized carbons (Fsp3) is 0.276. The molecule has 0 saturated heterocycles. The maximum absolute atomic E-state index is 11.3. The van der Waals surface area contributed by atoms with Crippen molar-refractivity contribution in [2.75, 3.05) is 23.0 Å². The molecule has 14 heteroatoms. The first-order valence-corrected chi connectivity index (χ1v) is 17.0. The lowest BCUT2D eigenvalue weighted by Crippen LogP contribution is -2.36. The smallest absolute Gasteiger partial charge is 0.374 e. The Morgan fingerprint density at radius 3 is 2.49 bits per heavy atom. The molecular weight excluding hydrogens is 620 g/mol. The van der Waals surface area contributed by atoms with Crippen LogP contribution in [0, 0.1) is 0 Å². The minimum atomic E-state index is -4.41. The van der Waals surface area contributed by atoms with Crippen LogP contribution in [0.2, 0.25) is 5.02 Å². The third-order valence-electron chi connectivity index (χ3n) is 6.81. The van der Waals surface area contributed by atoms with Crippen LogP contribution in [-0.4, -0.2) is 44.0 Å². The Balaban J connectivity index is 1.53. The van der Waals surface area contributed by atoms with Crippen LogP contribution in [0.3, 0.4) is 0 Å². The number of hydrogen-bond donors (Lipinski definition) is 0. The molecule has 0 fully saturated rings. The van der Waals surface area contributed by atoms with Crippen molar-refractivity contribution >= 4 is 54.7 Å². The fourth-order valence-electron chi connectivity index (χ4n) is 4.81. The third-order valence-corrected chi connectivity index (χ3v) is 8.62. The van der Waals surface area contributed by atoms with Crippen LogP contribution in [0.1, 0.15) is 32.1 Å². The molecule has 3 heterocycles. The van der Waals surface area contributed by atoms with Gasteiger partial charge in [0.15, 0.2) is 12.3 Å². The van der Waals surface area contributed by atoms with E-state index in [-0.39, 0.29) is 25.9 Å². The molecule has 0 aliphatic carbocycles. The summed E-state index contributed by atoms with van der Waals surface area (Å²) >= 11 is 6.22. The maximum Gasteiger partial charge on any atom is 0.374 e. The Bertz CT molecular complexity index is 1910. The molecule has 11 nitrogen and oxygen atoms in total. The lowest BCUT2D eigenvalue weighted by atomic mass is 10.1. The highest BCUT2D eigenvalue weighted by atomic mass is 35.5. The van der Waals surface area contributed by atoms with Crippen LogP contribution in [0.4, 0.5) is 5.69 Å². The van der Waals surface area contributed by atoms with Gasteiger partial charge in [0, 0.05) is 47.2 Å². The van der Waals surface area contributed by atoms with E-state index in [4.69, 9.17) is 25.2 Å². The fourth-order valence-corrected chi connectivity index (χ4v) is 5.94. The van der Waals surface area contributed by atoms with E-state index >= 15 is 0 Å². The lowest BCUT2D eigenvalue weighted by molar-refractivity contribution is -0.677. The average molecular weight is 648 g/mol. The van der Waals surface area contributed by atoms with Crippen LogP contribution in [0.15, 0.2) is 81.2 Å². The van der Waals surface area contributed by atoms with Crippen LogP contribution in [0.25, 0.3) is 28.5 Å². The number of nitrogens with zero attached hydrogens (tertiary/aromatic N) is 2. The molecule has 0 spiro atoms. The molecule has 0 amide bonds. The van der Waals surface area contributed by atoms with Gasteiger partial charge >= 0.3 is 5.89 Å². The zero-order valence-electron chi connectivity index (χ0n) is 23.1. The number of anilines is 1. The van der Waals surface area contributed by atoms with Crippen molar-refractivity contribution in [1.29, 1.82) is 0 Å². The number of furan rings is 1. The summed E-state index contributed by atoms with van der Waals surface area (Å²) in [4.78, 5) is 1.76. The van der Waals surface area contributed by atoms with Crippen molar-refractivity contribution in [1.82, 2.24) is 0 Å². The summed E-state index contributed by atoms with van der Waals surface area (Å²) in [5.41, 5.74) is 3.44. The first-order valence-electron chi connectivity index (χ1n) is 13.4. The largest absolute Gasteiger partial charge is 0.748 e. The SMILES string of the molecule is CCC(/C=C1\Oc2ccc(Cl)cc2N1CCCS(=O)(=O)[O-])=C\c1oc2ccc(-c3ccco3)cc2[n+]1CCCS(=O)(=O)[O-]. The van der Waals surface area contributed by atoms with Crippen molar-refractivity contribution in [3.05, 3.63) is 83.2 Å². The van der Waals surface area contributed by atoms with Crippen molar-refractivity contribution in [3.63, 3.8) is 0 Å². The molecule has 4 aromatic rings. The summed E-state index contributed by atoms with van der Waals surface area (Å²) in [6.07, 6.45) is 5.84. The lowest BCUT2D eigenvalue weighted by Gasteiger charge is -2.19. The number of hydrogen-bond acceptors (Lipinski definition) is 10. The van der Waals surface area contributed by atoms with Crippen LogP contribution in [0.5, 0.6) is 5.75 Å². The van der Waals surface area contributed by atoms with E-state index in [2.05, 4.69) is 0 Å². The number of oxazole rings is 1. The van der Waals surface area contributed by atoms with Crippen molar-refractivity contribution in [2.24, 2.45) is 0 Å². The van der Waals surface area contributed by atoms with E-state index in [1.54, 1.807) is 53.6 Å². The number of ether oxygens (including phenoxy) is 1. The predicted molar refractivity (Wildman–Crippen MR) is 158 cm³/mol. The van der Waals surface area contributed by atoms with Gasteiger partial charge in [-0.2, -0.15) is 4.57 Å². The zero-order chi connectivity index (χ0) is 30.8. The minimum Gasteiger partial charge on any atom is -0.748 e. The Kier molecular flexibility index (Phi) is 8.99. The van der Waals surface area contributed by atoms with Crippen LogP contribution < -0.4 is 14.2 Å². The molecule has 0 atom stereocenters. The van der Waals surface area contributed by atoms with Gasteiger partial charge in [0.2, 0.25) is 11.5 Å². The molecule has 228 valence electrons. The van der Waals surface area contributed by atoms with E-state index in [0.29, 0.717) is 51.5 Å². The molecule has 2 aromatic heterocycles. The van der Waals surface area contributed by atoms with Crippen LogP contribution in [-0.2, 0) is 26.8 Å². The molecule has 43 heavy (non-hydrogen) atoms. The predicted octanol–water partition coefficient (Wildman–Crippen LogP) is 5.04. The number of rotatable bonds is 12. The molecule has 1 aliphatic heterocycles. The monoisotopic (exact) mass is 647 g/mol. The van der Waals surface area contributed by atoms with E-state index in [9.17, 15) is 25.9 Å². The molecular formula is C29H28ClN2O9S2-. The Morgan fingerprint density at radius 1 is 1.02 bits per heavy atom. The molecule has 1 aliphatic rings. The van der Waals surface area contributed by atoms with Gasteiger partial charge in [-0.1, -0.05) is 18.5 Å². The normalized spacial score (nSPS) is 14.9. The number of allylic oxidation sites excluding steroid dienone is 2. The van der Waals surface area contributed by atoms with Crippen molar-refractivity contribution < 1.29 is 44.1 Å². The summed E-state index contributed by atoms with van der Waals surface area (Å²) in [6, 6.07) is 14.2. The Labute approximate surface area is 254 Å². The molecule has 0 radical (unpaired) electrons. The summed E-state index contributed by atoms with van der Waals surface area (Å²) in [5.74, 6) is 0.956. The van der Waals surface area contributed by atoms with Gasteiger partial charge in [-0.25, -0.2) is 16.8 Å². The number of fused-ring (bicyclic) bond motifs is 2. The second-order valence-electron chi connectivity index (χ2n) is 9.90. The number of aryl methyl sites for hydroxylation is 1. The summed E-state index contributed by atoms with van der Waals surface area (Å²) < 4.78 is 87.2. The molecule has 0 unspecified atom stereocenters. The number of halogens is 1. The highest BCUT2D eigenvalue weighted by Gasteiger charge is 2.28. The van der Waals surface area contributed by atoms with Gasteiger partial charge in [-0.3, -0.25) is 0 Å². The first kappa shape index (κ1) is 30.8. The number of benzene rings is 2. The van der Waals surface area contributed by atoms with E-state index in [0.717, 1.165) is 11.1 Å². The average Bonchev–Trinajstić information content (AvgIpc) is 3.65. The second kappa shape index (κ2) is 12.5. The van der Waals surface area contributed by atoms with Crippen molar-refractivity contribution in [3.8, 4) is 17.1 Å². The van der Waals surface area contributed by atoms with Gasteiger partial charge in [0.25, 0.3) is 5.52 Å². The van der Waals surface area contributed by atoms with Gasteiger partial charge in [-0.05, 0) is 60.9 Å². The molecule has 5 rings (SSSR count). The highest BCUT2D eigenvalue weighted by molar-refractivity contribution is 7.85. The number of aromatic nitrogens is 1. The van der Waals surface area contributed by atoms with Crippen molar-refractivity contribution in [2.45, 2.75) is 32.7 Å². The topological polar surface area (TPSA) is 157 Å². The van der Waals surface area contributed by atoms with Crippen LogP contribution >= 0.6 is 11.6 Å². The van der Waals surface area contributed by atoms with Gasteiger partial charge in [0.05, 0.1) is 38.3 Å². The first-order chi connectivity index (χ1) is 20.4. The van der Waals surface area contributed by atoms with E-state index in [1.807, 2.05) is 29.7 Å². The third kappa shape index (κ3) is 7.67. The van der Waals surface area contributed by atoms with E-state index in [1.165, 1.54) is 0 Å². The summed E-state index contributed by atoms with van der Waals surface area (Å²) in [5, 5.41) is 0.466. The standard InChI is InChI=1S/C29H29ClN2O9S2/c1-2-20(17-29-32(12-5-15-43(36,37)38)24-19-22(30)8-10-27(24)41-29)16-28-31(11-4-14-42(33,34)35)23-18-21(7-9-26(23)40-28)25-6-3-13-39-25/h3,6-10,13,16-19H,2,4-5,11-12,14-15H2,1H3,(H-,33,34,35,36,37,38)/p-1. The highest BCUT2D eigenvalue weighted by Crippen LogP contribution is 2.41. The summed E-state index contributed by atoms with van der Waals surface area (Å²) in [6.45, 7) is 2.33. The maximum atomic E-state index is 11.3. The van der Waals surface area contributed by atoms with Gasteiger partial charge < -0.3 is 27.6 Å². The zero-order valence-corrected chi connectivity index (χ0v) is 25.5. The summed E-state index contributed by atoms with van der Waals surface area (Å²) in [7, 11) is -8.80. The Morgan fingerprint density at radius 2 is 1.79 bits per heavy atom. The molecule has 0 saturated carbocycles. The molecule has 2 aromatic carbocycles. The van der Waals surface area contributed by atoms with E-state index < -0.39 is 31.7 Å². The molecule has 0 N–H and O–H groups in total. The van der Waals surface area contributed by atoms with Gasteiger partial charge in [-0.15, -0.1) is 0 Å². The quantitative estimate of drug-likeness (QED) is 0.151. The molecule has 0 bridgehead atoms. The second-order valence-corrected chi connectivity index (χ2v) is 13.4. The Hall–Kier alpha value is -3.62. The van der Waals surface area contributed by atoms with Gasteiger partial charge in [0.1, 0.15) is 5.76 Å².